The third kappa shape index (κ3) is 1.83. The van der Waals surface area contributed by atoms with E-state index in [1.807, 2.05) is 36.4 Å². The van der Waals surface area contributed by atoms with Gasteiger partial charge in [0.2, 0.25) is 0 Å². The van der Waals surface area contributed by atoms with Gasteiger partial charge in [0.15, 0.2) is 0 Å². The average molecular weight is 249 g/mol. The maximum absolute atomic E-state index is 5.38. The molecule has 1 heterocycles. The van der Waals surface area contributed by atoms with Crippen LogP contribution in [0.2, 0.25) is 0 Å². The molecule has 2 aromatic carbocycles. The van der Waals surface area contributed by atoms with Crippen LogP contribution >= 0.6 is 11.8 Å². The maximum atomic E-state index is 5.38. The molecule has 1 aromatic heterocycles. The summed E-state index contributed by atoms with van der Waals surface area (Å²) >= 11 is 1.70. The molecule has 18 heavy (non-hydrogen) atoms. The Kier molecular flexibility index (Phi) is 2.92. The lowest BCUT2D eigenvalue weighted by Gasteiger charge is -2.08. The SMILES string of the molecule is C#CCSc1c2ccccc2nc2ccccc12. The predicted molar refractivity (Wildman–Crippen MR) is 78.8 cm³/mol. The Balaban J connectivity index is 2.38. The molecule has 0 unspecified atom stereocenters. The molecular formula is C16H11NS. The lowest BCUT2D eigenvalue weighted by Crippen LogP contribution is -1.87. The zero-order chi connectivity index (χ0) is 12.4. The van der Waals surface area contributed by atoms with Crippen molar-refractivity contribution in [2.45, 2.75) is 4.90 Å². The summed E-state index contributed by atoms with van der Waals surface area (Å²) in [5.41, 5.74) is 2.05. The molecule has 86 valence electrons. The van der Waals surface area contributed by atoms with Crippen LogP contribution in [0.25, 0.3) is 21.8 Å². The van der Waals surface area contributed by atoms with Crippen molar-refractivity contribution in [2.24, 2.45) is 0 Å². The molecule has 0 bridgehead atoms. The van der Waals surface area contributed by atoms with E-state index in [1.54, 1.807) is 11.8 Å². The number of hydrogen-bond acceptors (Lipinski definition) is 2. The fourth-order valence-corrected chi connectivity index (χ4v) is 2.95. The summed E-state index contributed by atoms with van der Waals surface area (Å²) in [5.74, 6) is 3.37. The Bertz CT molecular complexity index is 702. The van der Waals surface area contributed by atoms with Crippen LogP contribution < -0.4 is 0 Å². The van der Waals surface area contributed by atoms with E-state index < -0.39 is 0 Å². The zero-order valence-corrected chi connectivity index (χ0v) is 10.6. The Hall–Kier alpha value is -1.98. The molecule has 0 saturated carbocycles. The Morgan fingerprint density at radius 2 is 1.50 bits per heavy atom. The van der Waals surface area contributed by atoms with Crippen LogP contribution in [0.3, 0.4) is 0 Å². The van der Waals surface area contributed by atoms with Crippen molar-refractivity contribution >= 4 is 33.6 Å². The largest absolute Gasteiger partial charge is 0.248 e. The van der Waals surface area contributed by atoms with Crippen LogP contribution in [0, 0.1) is 12.3 Å². The molecule has 3 rings (SSSR count). The van der Waals surface area contributed by atoms with Gasteiger partial charge in [0.1, 0.15) is 0 Å². The molecule has 0 N–H and O–H groups in total. The Morgan fingerprint density at radius 3 is 2.06 bits per heavy atom. The van der Waals surface area contributed by atoms with Gasteiger partial charge in [0.25, 0.3) is 0 Å². The van der Waals surface area contributed by atoms with E-state index in [4.69, 9.17) is 6.42 Å². The van der Waals surface area contributed by atoms with Gasteiger partial charge in [-0.3, -0.25) is 0 Å². The molecule has 0 atom stereocenters. The van der Waals surface area contributed by atoms with Crippen molar-refractivity contribution in [2.75, 3.05) is 5.75 Å². The molecule has 3 aromatic rings. The van der Waals surface area contributed by atoms with E-state index in [2.05, 4.69) is 23.0 Å². The van der Waals surface area contributed by atoms with E-state index >= 15 is 0 Å². The van der Waals surface area contributed by atoms with E-state index in [-0.39, 0.29) is 0 Å². The van der Waals surface area contributed by atoms with Crippen molar-refractivity contribution in [1.29, 1.82) is 0 Å². The minimum atomic E-state index is 0.679. The monoisotopic (exact) mass is 249 g/mol. The first-order valence-corrected chi connectivity index (χ1v) is 6.72. The van der Waals surface area contributed by atoms with Gasteiger partial charge in [-0.05, 0) is 12.1 Å². The number of hydrogen-bond donors (Lipinski definition) is 0. The number of para-hydroxylation sites is 2. The summed E-state index contributed by atoms with van der Waals surface area (Å²) < 4.78 is 0. The highest BCUT2D eigenvalue weighted by molar-refractivity contribution is 8.00. The smallest absolute Gasteiger partial charge is 0.0721 e. The minimum Gasteiger partial charge on any atom is -0.248 e. The van der Waals surface area contributed by atoms with Gasteiger partial charge in [-0.1, -0.05) is 42.3 Å². The molecule has 0 radical (unpaired) electrons. The fourth-order valence-electron chi connectivity index (χ4n) is 2.07. The predicted octanol–water partition coefficient (Wildman–Crippen LogP) is 4.11. The zero-order valence-electron chi connectivity index (χ0n) is 9.76. The van der Waals surface area contributed by atoms with Crippen molar-refractivity contribution in [3.05, 3.63) is 48.5 Å². The number of terminal acetylenes is 1. The molecule has 0 saturated heterocycles. The van der Waals surface area contributed by atoms with Gasteiger partial charge < -0.3 is 0 Å². The number of rotatable bonds is 2. The molecule has 0 spiro atoms. The quantitative estimate of drug-likeness (QED) is 0.385. The van der Waals surface area contributed by atoms with Crippen LogP contribution in [0.15, 0.2) is 53.4 Å². The number of thioether (sulfide) groups is 1. The van der Waals surface area contributed by atoms with Gasteiger partial charge in [0.05, 0.1) is 16.8 Å². The number of fused-ring (bicyclic) bond motifs is 2. The molecule has 0 aliphatic carbocycles. The summed E-state index contributed by atoms with van der Waals surface area (Å²) in [7, 11) is 0. The van der Waals surface area contributed by atoms with E-state index in [1.165, 1.54) is 15.7 Å². The highest BCUT2D eigenvalue weighted by atomic mass is 32.2. The van der Waals surface area contributed by atoms with E-state index in [9.17, 15) is 0 Å². The first-order chi connectivity index (χ1) is 8.90. The second-order valence-corrected chi connectivity index (χ2v) is 4.95. The summed E-state index contributed by atoms with van der Waals surface area (Å²) in [5, 5.41) is 2.35. The lowest BCUT2D eigenvalue weighted by molar-refractivity contribution is 1.45. The summed E-state index contributed by atoms with van der Waals surface area (Å²) in [6.45, 7) is 0. The molecule has 0 fully saturated rings. The van der Waals surface area contributed by atoms with Gasteiger partial charge in [-0.25, -0.2) is 4.98 Å². The highest BCUT2D eigenvalue weighted by Crippen LogP contribution is 2.33. The number of pyridine rings is 1. The average Bonchev–Trinajstić information content (AvgIpc) is 2.43. The van der Waals surface area contributed by atoms with E-state index in [0.717, 1.165) is 11.0 Å². The van der Waals surface area contributed by atoms with Crippen LogP contribution in [0.1, 0.15) is 0 Å². The van der Waals surface area contributed by atoms with Crippen LogP contribution in [0.4, 0.5) is 0 Å². The Morgan fingerprint density at radius 1 is 0.944 bits per heavy atom. The van der Waals surface area contributed by atoms with Crippen molar-refractivity contribution in [3.8, 4) is 12.3 Å². The molecular weight excluding hydrogens is 238 g/mol. The molecule has 1 nitrogen and oxygen atoms in total. The molecule has 0 aliphatic heterocycles. The van der Waals surface area contributed by atoms with Crippen LogP contribution in [-0.4, -0.2) is 10.7 Å². The lowest BCUT2D eigenvalue weighted by atomic mass is 10.1. The Labute approximate surface area is 110 Å². The maximum Gasteiger partial charge on any atom is 0.0721 e. The summed E-state index contributed by atoms with van der Waals surface area (Å²) in [6, 6.07) is 16.4. The number of benzene rings is 2. The second kappa shape index (κ2) is 4.72. The minimum absolute atomic E-state index is 0.679. The standard InChI is InChI=1S/C16H11NS/c1-2-11-18-16-12-7-3-5-9-14(12)17-15-10-6-4-8-13(15)16/h1,3-10H,11H2. The van der Waals surface area contributed by atoms with Gasteiger partial charge in [-0.2, -0.15) is 0 Å². The number of aromatic nitrogens is 1. The van der Waals surface area contributed by atoms with E-state index in [0.29, 0.717) is 5.75 Å². The first-order valence-electron chi connectivity index (χ1n) is 5.74. The third-order valence-corrected chi connectivity index (χ3v) is 3.88. The van der Waals surface area contributed by atoms with Gasteiger partial charge in [0, 0.05) is 15.7 Å². The van der Waals surface area contributed by atoms with Crippen LogP contribution in [-0.2, 0) is 0 Å². The topological polar surface area (TPSA) is 12.9 Å². The fraction of sp³-hybridized carbons (Fsp3) is 0.0625. The third-order valence-electron chi connectivity index (χ3n) is 2.84. The summed E-state index contributed by atoms with van der Waals surface area (Å²) in [4.78, 5) is 5.91. The molecule has 0 amide bonds. The number of nitrogens with zero attached hydrogens (tertiary/aromatic N) is 1. The van der Waals surface area contributed by atoms with Crippen molar-refractivity contribution < 1.29 is 0 Å². The van der Waals surface area contributed by atoms with Gasteiger partial charge >= 0.3 is 0 Å². The van der Waals surface area contributed by atoms with Crippen molar-refractivity contribution in [1.82, 2.24) is 4.98 Å². The summed E-state index contributed by atoms with van der Waals surface area (Å²) in [6.07, 6.45) is 5.38. The second-order valence-electron chi connectivity index (χ2n) is 3.97. The van der Waals surface area contributed by atoms with Gasteiger partial charge in [-0.15, -0.1) is 18.2 Å². The first kappa shape index (κ1) is 11.1. The molecule has 2 heteroatoms. The highest BCUT2D eigenvalue weighted by Gasteiger charge is 2.08. The van der Waals surface area contributed by atoms with Crippen LogP contribution in [0.5, 0.6) is 0 Å². The van der Waals surface area contributed by atoms with Crippen molar-refractivity contribution in [3.63, 3.8) is 0 Å². The normalized spacial score (nSPS) is 10.6. The molecule has 0 aliphatic rings.